The lowest BCUT2D eigenvalue weighted by Gasteiger charge is -2.21. The van der Waals surface area contributed by atoms with Gasteiger partial charge in [0.15, 0.2) is 0 Å². The van der Waals surface area contributed by atoms with Crippen molar-refractivity contribution in [2.45, 2.75) is 31.7 Å². The number of aliphatic hydroxyl groups excluding tert-OH is 4. The third kappa shape index (κ3) is 2.86. The summed E-state index contributed by atoms with van der Waals surface area (Å²) in [7, 11) is 0. The molecule has 5 heteroatoms. The Balaban J connectivity index is 4.08. The van der Waals surface area contributed by atoms with E-state index in [9.17, 15) is 0 Å². The van der Waals surface area contributed by atoms with Gasteiger partial charge in [0, 0.05) is 5.71 Å². The van der Waals surface area contributed by atoms with Gasteiger partial charge in [0.2, 0.25) is 0 Å². The van der Waals surface area contributed by atoms with Crippen molar-refractivity contribution in [1.82, 2.24) is 0 Å². The Labute approximate surface area is 70.8 Å². The fourth-order valence-corrected chi connectivity index (χ4v) is 0.734. The van der Waals surface area contributed by atoms with E-state index in [0.29, 0.717) is 6.42 Å². The molecule has 0 aliphatic rings. The first-order valence-corrected chi connectivity index (χ1v) is 3.77. The molecule has 0 heterocycles. The molecule has 3 atom stereocenters. The zero-order valence-corrected chi connectivity index (χ0v) is 6.94. The van der Waals surface area contributed by atoms with E-state index in [2.05, 4.69) is 0 Å². The topological polar surface area (TPSA) is 105 Å². The van der Waals surface area contributed by atoms with E-state index in [1.54, 1.807) is 6.92 Å². The minimum Gasteiger partial charge on any atom is -0.394 e. The Kier molecular flexibility index (Phi) is 5.00. The average molecular weight is 177 g/mol. The lowest BCUT2D eigenvalue weighted by Crippen LogP contribution is -2.43. The molecule has 0 aliphatic carbocycles. The van der Waals surface area contributed by atoms with Crippen molar-refractivity contribution in [2.75, 3.05) is 6.61 Å². The molecule has 0 amide bonds. The van der Waals surface area contributed by atoms with Crippen molar-refractivity contribution >= 4 is 5.71 Å². The van der Waals surface area contributed by atoms with Crippen LogP contribution in [0.2, 0.25) is 0 Å². The van der Waals surface area contributed by atoms with Crippen molar-refractivity contribution < 1.29 is 20.4 Å². The summed E-state index contributed by atoms with van der Waals surface area (Å²) in [5.41, 5.74) is -0.0602. The van der Waals surface area contributed by atoms with Crippen LogP contribution in [-0.4, -0.2) is 51.1 Å². The smallest absolute Gasteiger partial charge is 0.120 e. The molecule has 12 heavy (non-hydrogen) atoms. The summed E-state index contributed by atoms with van der Waals surface area (Å²) in [6.07, 6.45) is -3.97. The molecule has 0 bridgehead atoms. The molecule has 5 N–H and O–H groups in total. The van der Waals surface area contributed by atoms with Crippen LogP contribution in [0.4, 0.5) is 0 Å². The van der Waals surface area contributed by atoms with Gasteiger partial charge in [-0.25, -0.2) is 0 Å². The molecular formula is C7H15NO4. The largest absolute Gasteiger partial charge is 0.394 e. The van der Waals surface area contributed by atoms with Gasteiger partial charge in [0.1, 0.15) is 18.3 Å². The standard InChI is InChI=1S/C7H15NO4/c1-2-4(8)6(11)7(12)5(10)3-9/h5-12H,2-3H2,1H3. The molecule has 0 spiro atoms. The van der Waals surface area contributed by atoms with Crippen LogP contribution in [0.3, 0.4) is 0 Å². The van der Waals surface area contributed by atoms with Gasteiger partial charge in [-0.05, 0) is 6.42 Å². The monoisotopic (exact) mass is 177 g/mol. The van der Waals surface area contributed by atoms with Crippen molar-refractivity contribution in [3.05, 3.63) is 0 Å². The minimum absolute atomic E-state index is 0.0602. The van der Waals surface area contributed by atoms with Crippen LogP contribution in [-0.2, 0) is 0 Å². The van der Waals surface area contributed by atoms with Gasteiger partial charge < -0.3 is 25.8 Å². The van der Waals surface area contributed by atoms with E-state index in [1.165, 1.54) is 0 Å². The van der Waals surface area contributed by atoms with Gasteiger partial charge in [0.05, 0.1) is 6.61 Å². The predicted octanol–water partition coefficient (Wildman–Crippen LogP) is -1.51. The molecule has 0 aromatic heterocycles. The first-order chi connectivity index (χ1) is 5.54. The molecule has 0 fully saturated rings. The fourth-order valence-electron chi connectivity index (χ4n) is 0.734. The van der Waals surface area contributed by atoms with E-state index in [1.807, 2.05) is 0 Å². The number of nitrogens with one attached hydrogen (secondary N) is 1. The Morgan fingerprint density at radius 3 is 2.17 bits per heavy atom. The summed E-state index contributed by atoms with van der Waals surface area (Å²) in [4.78, 5) is 0. The summed E-state index contributed by atoms with van der Waals surface area (Å²) < 4.78 is 0. The summed E-state index contributed by atoms with van der Waals surface area (Å²) in [6, 6.07) is 0. The van der Waals surface area contributed by atoms with E-state index < -0.39 is 24.9 Å². The third-order valence-corrected chi connectivity index (χ3v) is 1.64. The minimum atomic E-state index is -1.48. The van der Waals surface area contributed by atoms with Crippen LogP contribution in [0.15, 0.2) is 0 Å². The second-order valence-corrected chi connectivity index (χ2v) is 2.56. The maximum Gasteiger partial charge on any atom is 0.120 e. The van der Waals surface area contributed by atoms with E-state index >= 15 is 0 Å². The van der Waals surface area contributed by atoms with Crippen molar-refractivity contribution in [3.63, 3.8) is 0 Å². The Morgan fingerprint density at radius 2 is 1.83 bits per heavy atom. The number of rotatable bonds is 5. The lowest BCUT2D eigenvalue weighted by atomic mass is 10.0. The van der Waals surface area contributed by atoms with Crippen LogP contribution in [0, 0.1) is 5.41 Å². The zero-order chi connectivity index (χ0) is 9.72. The second-order valence-electron chi connectivity index (χ2n) is 2.56. The van der Waals surface area contributed by atoms with Gasteiger partial charge >= 0.3 is 0 Å². The summed E-state index contributed by atoms with van der Waals surface area (Å²) in [6.45, 7) is 1.03. The summed E-state index contributed by atoms with van der Waals surface area (Å²) in [5, 5.41) is 42.7. The number of hydrogen-bond donors (Lipinski definition) is 5. The van der Waals surface area contributed by atoms with Crippen molar-refractivity contribution in [3.8, 4) is 0 Å². The lowest BCUT2D eigenvalue weighted by molar-refractivity contribution is -0.0560. The molecule has 0 rings (SSSR count). The van der Waals surface area contributed by atoms with Gasteiger partial charge in [-0.1, -0.05) is 6.92 Å². The van der Waals surface area contributed by atoms with Crippen molar-refractivity contribution in [1.29, 1.82) is 5.41 Å². The zero-order valence-electron chi connectivity index (χ0n) is 6.94. The SMILES string of the molecule is CCC(=N)C(O)C(O)C(O)CO. The third-order valence-electron chi connectivity index (χ3n) is 1.64. The highest BCUT2D eigenvalue weighted by Crippen LogP contribution is 2.03. The van der Waals surface area contributed by atoms with E-state index in [-0.39, 0.29) is 5.71 Å². The predicted molar refractivity (Wildman–Crippen MR) is 43.1 cm³/mol. The molecule has 0 aromatic carbocycles. The molecule has 0 saturated heterocycles. The van der Waals surface area contributed by atoms with Crippen LogP contribution in [0.5, 0.6) is 0 Å². The highest BCUT2D eigenvalue weighted by Gasteiger charge is 2.26. The summed E-state index contributed by atoms with van der Waals surface area (Å²) in [5.74, 6) is 0. The molecule has 3 unspecified atom stereocenters. The van der Waals surface area contributed by atoms with Crippen LogP contribution >= 0.6 is 0 Å². The quantitative estimate of drug-likeness (QED) is 0.329. The normalized spacial score (nSPS) is 18.4. The molecule has 0 aliphatic heterocycles. The van der Waals surface area contributed by atoms with Crippen LogP contribution < -0.4 is 0 Å². The van der Waals surface area contributed by atoms with Crippen molar-refractivity contribution in [2.24, 2.45) is 0 Å². The highest BCUT2D eigenvalue weighted by molar-refractivity contribution is 5.85. The Hall–Kier alpha value is -0.490. The van der Waals surface area contributed by atoms with Gasteiger partial charge in [-0.3, -0.25) is 0 Å². The maximum absolute atomic E-state index is 9.14. The first kappa shape index (κ1) is 11.5. The number of aliphatic hydroxyl groups is 4. The Morgan fingerprint density at radius 1 is 1.33 bits per heavy atom. The second kappa shape index (κ2) is 5.21. The molecule has 72 valence electrons. The van der Waals surface area contributed by atoms with Gasteiger partial charge in [-0.15, -0.1) is 0 Å². The molecular weight excluding hydrogens is 162 g/mol. The average Bonchev–Trinajstić information content (AvgIpc) is 2.12. The molecule has 0 saturated carbocycles. The van der Waals surface area contributed by atoms with Crippen LogP contribution in [0.1, 0.15) is 13.3 Å². The molecule has 5 nitrogen and oxygen atoms in total. The number of hydrogen-bond acceptors (Lipinski definition) is 5. The first-order valence-electron chi connectivity index (χ1n) is 3.77. The highest BCUT2D eigenvalue weighted by atomic mass is 16.4. The molecule has 0 aromatic rings. The summed E-state index contributed by atoms with van der Waals surface area (Å²) >= 11 is 0. The van der Waals surface area contributed by atoms with E-state index in [4.69, 9.17) is 25.8 Å². The van der Waals surface area contributed by atoms with E-state index in [0.717, 1.165) is 0 Å². The van der Waals surface area contributed by atoms with Gasteiger partial charge in [-0.2, -0.15) is 0 Å². The maximum atomic E-state index is 9.14. The fraction of sp³-hybridized carbons (Fsp3) is 0.857. The van der Waals surface area contributed by atoms with Gasteiger partial charge in [0.25, 0.3) is 0 Å². The Bertz CT molecular complexity index is 150. The molecule has 0 radical (unpaired) electrons. The van der Waals surface area contributed by atoms with Crippen LogP contribution in [0.25, 0.3) is 0 Å².